The average molecular weight is 324 g/mol. The van der Waals surface area contributed by atoms with E-state index in [1.54, 1.807) is 0 Å². The zero-order valence-electron chi connectivity index (χ0n) is 14.8. The van der Waals surface area contributed by atoms with Gasteiger partial charge in [-0.3, -0.25) is 4.79 Å². The molecule has 1 heterocycles. The molecule has 0 amide bonds. The van der Waals surface area contributed by atoms with Crippen LogP contribution in [0.2, 0.25) is 0 Å². The van der Waals surface area contributed by atoms with Crippen molar-refractivity contribution in [3.8, 4) is 5.75 Å². The van der Waals surface area contributed by atoms with Gasteiger partial charge in [0.25, 0.3) is 0 Å². The monoisotopic (exact) mass is 324 g/mol. The van der Waals surface area contributed by atoms with Crippen molar-refractivity contribution in [2.75, 3.05) is 13.2 Å². The van der Waals surface area contributed by atoms with Crippen LogP contribution >= 0.6 is 0 Å². The smallest absolute Gasteiger partial charge is 0.193 e. The van der Waals surface area contributed by atoms with Crippen LogP contribution in [0, 0.1) is 6.92 Å². The summed E-state index contributed by atoms with van der Waals surface area (Å²) >= 11 is 0. The van der Waals surface area contributed by atoms with Crippen LogP contribution in [0.4, 0.5) is 0 Å². The minimum absolute atomic E-state index is 0.0428. The molecule has 1 atom stereocenters. The number of aryl methyl sites for hydroxylation is 1. The second kappa shape index (κ2) is 6.40. The number of benzene rings is 2. The molecule has 3 heteroatoms. The van der Waals surface area contributed by atoms with Crippen molar-refractivity contribution >= 4 is 5.78 Å². The van der Waals surface area contributed by atoms with Crippen molar-refractivity contribution in [1.29, 1.82) is 0 Å². The summed E-state index contributed by atoms with van der Waals surface area (Å²) in [5.41, 5.74) is 3.43. The fourth-order valence-electron chi connectivity index (χ4n) is 2.68. The van der Waals surface area contributed by atoms with E-state index in [9.17, 15) is 4.79 Å². The Balaban J connectivity index is 1.92. The Morgan fingerprint density at radius 3 is 2.50 bits per heavy atom. The number of ether oxygens (including phenoxy) is 2. The number of carbonyl (C=O) groups is 1. The van der Waals surface area contributed by atoms with Gasteiger partial charge < -0.3 is 9.47 Å². The summed E-state index contributed by atoms with van der Waals surface area (Å²) in [6.07, 6.45) is 0.214. The van der Waals surface area contributed by atoms with E-state index in [1.165, 1.54) is 0 Å². The van der Waals surface area contributed by atoms with Gasteiger partial charge in [-0.25, -0.2) is 0 Å². The average Bonchev–Trinajstić information content (AvgIpc) is 3.35. The molecule has 0 spiro atoms. The van der Waals surface area contributed by atoms with Crippen LogP contribution < -0.4 is 4.74 Å². The highest BCUT2D eigenvalue weighted by Gasteiger charge is 2.26. The van der Waals surface area contributed by atoms with Crippen LogP contribution in [0.3, 0.4) is 0 Å². The van der Waals surface area contributed by atoms with Gasteiger partial charge in [-0.15, -0.1) is 0 Å². The maximum atomic E-state index is 12.8. The van der Waals surface area contributed by atoms with E-state index in [4.69, 9.17) is 9.47 Å². The summed E-state index contributed by atoms with van der Waals surface area (Å²) in [6, 6.07) is 13.4. The largest absolute Gasteiger partial charge is 0.490 e. The molecule has 2 aromatic carbocycles. The van der Waals surface area contributed by atoms with Crippen LogP contribution in [0.5, 0.6) is 5.75 Å². The molecule has 0 saturated carbocycles. The molecular weight excluding hydrogens is 300 g/mol. The summed E-state index contributed by atoms with van der Waals surface area (Å²) in [5, 5.41) is 0. The summed E-state index contributed by atoms with van der Waals surface area (Å²) in [6.45, 7) is 9.72. The lowest BCUT2D eigenvalue weighted by atomic mass is 9.84. The fourth-order valence-corrected chi connectivity index (χ4v) is 2.68. The maximum absolute atomic E-state index is 12.8. The number of rotatable bonds is 5. The molecule has 0 bridgehead atoms. The van der Waals surface area contributed by atoms with Crippen LogP contribution in [-0.4, -0.2) is 25.1 Å². The molecule has 3 nitrogen and oxygen atoms in total. The van der Waals surface area contributed by atoms with Crippen molar-refractivity contribution < 1.29 is 14.3 Å². The standard InChI is InChI=1S/C21H24O3/c1-14-6-5-7-15(10-14)20(22)16-8-9-19(24-13-17-12-23-17)18(11-16)21(2,3)4/h5-11,17H,12-13H2,1-4H3. The predicted molar refractivity (Wildman–Crippen MR) is 95.0 cm³/mol. The Bertz CT molecular complexity index is 752. The Hall–Kier alpha value is -2.13. The number of hydrogen-bond donors (Lipinski definition) is 0. The third-order valence-electron chi connectivity index (χ3n) is 4.16. The van der Waals surface area contributed by atoms with Crippen LogP contribution in [0.1, 0.15) is 47.8 Å². The van der Waals surface area contributed by atoms with E-state index in [0.717, 1.165) is 29.0 Å². The lowest BCUT2D eigenvalue weighted by Gasteiger charge is -2.23. The molecule has 0 N–H and O–H groups in total. The van der Waals surface area contributed by atoms with E-state index >= 15 is 0 Å². The zero-order valence-corrected chi connectivity index (χ0v) is 14.8. The van der Waals surface area contributed by atoms with E-state index in [1.807, 2.05) is 49.4 Å². The Morgan fingerprint density at radius 1 is 1.17 bits per heavy atom. The van der Waals surface area contributed by atoms with Crippen LogP contribution in [0.15, 0.2) is 42.5 Å². The molecule has 1 unspecified atom stereocenters. The second-order valence-electron chi connectivity index (χ2n) is 7.43. The first-order valence-corrected chi connectivity index (χ1v) is 8.35. The molecule has 24 heavy (non-hydrogen) atoms. The molecule has 0 radical (unpaired) electrons. The third-order valence-corrected chi connectivity index (χ3v) is 4.16. The van der Waals surface area contributed by atoms with Gasteiger partial charge in [-0.05, 0) is 36.6 Å². The van der Waals surface area contributed by atoms with Gasteiger partial charge in [0.2, 0.25) is 0 Å². The van der Waals surface area contributed by atoms with E-state index in [2.05, 4.69) is 20.8 Å². The summed E-state index contributed by atoms with van der Waals surface area (Å²) in [7, 11) is 0. The molecule has 3 rings (SSSR count). The number of epoxide rings is 1. The first-order chi connectivity index (χ1) is 11.3. The van der Waals surface area contributed by atoms with Crippen LogP contribution in [0.25, 0.3) is 0 Å². The predicted octanol–water partition coefficient (Wildman–Crippen LogP) is 4.30. The lowest BCUT2D eigenvalue weighted by Crippen LogP contribution is -2.16. The van der Waals surface area contributed by atoms with Crippen molar-refractivity contribution in [2.24, 2.45) is 0 Å². The van der Waals surface area contributed by atoms with Gasteiger partial charge in [0.1, 0.15) is 18.5 Å². The summed E-state index contributed by atoms with van der Waals surface area (Å²) in [5.74, 6) is 0.875. The number of carbonyl (C=O) groups excluding carboxylic acids is 1. The van der Waals surface area contributed by atoms with Crippen LogP contribution in [-0.2, 0) is 10.2 Å². The van der Waals surface area contributed by atoms with Gasteiger partial charge in [0.15, 0.2) is 5.78 Å². The van der Waals surface area contributed by atoms with Crippen molar-refractivity contribution in [3.05, 3.63) is 64.7 Å². The summed E-state index contributed by atoms with van der Waals surface area (Å²) in [4.78, 5) is 12.8. The molecule has 1 aliphatic heterocycles. The highest BCUT2D eigenvalue weighted by molar-refractivity contribution is 6.09. The fraction of sp³-hybridized carbons (Fsp3) is 0.381. The highest BCUT2D eigenvalue weighted by atomic mass is 16.6. The van der Waals surface area contributed by atoms with Crippen molar-refractivity contribution in [3.63, 3.8) is 0 Å². The van der Waals surface area contributed by atoms with Gasteiger partial charge >= 0.3 is 0 Å². The summed E-state index contributed by atoms with van der Waals surface area (Å²) < 4.78 is 11.1. The quantitative estimate of drug-likeness (QED) is 0.608. The SMILES string of the molecule is Cc1cccc(C(=O)c2ccc(OCC3CO3)c(C(C)(C)C)c2)c1. The van der Waals surface area contributed by atoms with Gasteiger partial charge in [0.05, 0.1) is 6.61 Å². The molecule has 1 fully saturated rings. The first kappa shape index (κ1) is 16.7. The lowest BCUT2D eigenvalue weighted by molar-refractivity contribution is 0.103. The third kappa shape index (κ3) is 3.85. The van der Waals surface area contributed by atoms with Gasteiger partial charge in [0, 0.05) is 16.7 Å². The van der Waals surface area contributed by atoms with Crippen molar-refractivity contribution in [1.82, 2.24) is 0 Å². The molecule has 0 aromatic heterocycles. The zero-order chi connectivity index (χ0) is 17.3. The molecule has 1 saturated heterocycles. The Kier molecular flexibility index (Phi) is 4.46. The number of hydrogen-bond acceptors (Lipinski definition) is 3. The van der Waals surface area contributed by atoms with E-state index in [0.29, 0.717) is 12.2 Å². The minimum atomic E-state index is -0.108. The Labute approximate surface area is 143 Å². The number of ketones is 1. The highest BCUT2D eigenvalue weighted by Crippen LogP contribution is 2.33. The molecule has 2 aromatic rings. The van der Waals surface area contributed by atoms with E-state index in [-0.39, 0.29) is 17.3 Å². The van der Waals surface area contributed by atoms with E-state index < -0.39 is 0 Å². The normalized spacial score (nSPS) is 16.8. The van der Waals surface area contributed by atoms with Gasteiger partial charge in [-0.1, -0.05) is 44.5 Å². The molecular formula is C21H24O3. The molecule has 0 aliphatic carbocycles. The first-order valence-electron chi connectivity index (χ1n) is 8.35. The topological polar surface area (TPSA) is 38.8 Å². The second-order valence-corrected chi connectivity index (χ2v) is 7.43. The molecule has 126 valence electrons. The van der Waals surface area contributed by atoms with Crippen molar-refractivity contribution in [2.45, 2.75) is 39.2 Å². The Morgan fingerprint density at radius 2 is 1.88 bits per heavy atom. The minimum Gasteiger partial charge on any atom is -0.490 e. The van der Waals surface area contributed by atoms with Gasteiger partial charge in [-0.2, -0.15) is 0 Å². The maximum Gasteiger partial charge on any atom is 0.193 e. The molecule has 1 aliphatic rings.